The maximum absolute atomic E-state index is 12.1. The molecule has 1 aromatic rings. The standard InChI is InChI=1S/C13H20IN3O/c1-4-17(5-2)13(18)9(3)16-12-7-6-10(14)8-11(12)15/h6-9,16H,4-5,15H2,1-3H3. The molecule has 1 aromatic carbocycles. The van der Waals surface area contributed by atoms with Crippen LogP contribution < -0.4 is 11.1 Å². The Hall–Kier alpha value is -0.980. The smallest absolute Gasteiger partial charge is 0.244 e. The second kappa shape index (κ2) is 6.82. The normalized spacial score (nSPS) is 12.0. The first kappa shape index (κ1) is 15.1. The Balaban J connectivity index is 2.75. The number of nitrogens with one attached hydrogen (secondary N) is 1. The van der Waals surface area contributed by atoms with Crippen LogP contribution in [0.15, 0.2) is 18.2 Å². The lowest BCUT2D eigenvalue weighted by molar-refractivity contribution is -0.131. The molecule has 18 heavy (non-hydrogen) atoms. The van der Waals surface area contributed by atoms with Gasteiger partial charge in [-0.15, -0.1) is 0 Å². The second-order valence-corrected chi connectivity index (χ2v) is 5.35. The lowest BCUT2D eigenvalue weighted by atomic mass is 10.2. The number of carbonyl (C=O) groups is 1. The van der Waals surface area contributed by atoms with Crippen molar-refractivity contribution in [2.45, 2.75) is 26.8 Å². The average molecular weight is 361 g/mol. The molecule has 0 aliphatic carbocycles. The number of carbonyl (C=O) groups excluding carboxylic acids is 1. The number of hydrogen-bond acceptors (Lipinski definition) is 3. The minimum absolute atomic E-state index is 0.0953. The number of halogens is 1. The predicted molar refractivity (Wildman–Crippen MR) is 84.6 cm³/mol. The molecule has 0 heterocycles. The highest BCUT2D eigenvalue weighted by Crippen LogP contribution is 2.21. The molecule has 1 unspecified atom stereocenters. The summed E-state index contributed by atoms with van der Waals surface area (Å²) in [5.74, 6) is 0.0953. The van der Waals surface area contributed by atoms with Crippen molar-refractivity contribution in [1.82, 2.24) is 4.90 Å². The largest absolute Gasteiger partial charge is 0.397 e. The molecular weight excluding hydrogens is 341 g/mol. The van der Waals surface area contributed by atoms with E-state index in [4.69, 9.17) is 5.73 Å². The first-order valence-electron chi connectivity index (χ1n) is 6.09. The molecule has 0 aromatic heterocycles. The molecule has 1 rings (SSSR count). The molecule has 0 saturated heterocycles. The van der Waals surface area contributed by atoms with Gasteiger partial charge in [-0.25, -0.2) is 0 Å². The SMILES string of the molecule is CCN(CC)C(=O)C(C)Nc1ccc(I)cc1N. The first-order chi connectivity index (χ1) is 8.49. The maximum Gasteiger partial charge on any atom is 0.244 e. The van der Waals surface area contributed by atoms with E-state index in [9.17, 15) is 4.79 Å². The Morgan fingerprint density at radius 1 is 1.44 bits per heavy atom. The fourth-order valence-corrected chi connectivity index (χ4v) is 2.28. The number of nitrogens with two attached hydrogens (primary N) is 1. The topological polar surface area (TPSA) is 58.4 Å². The molecule has 0 spiro atoms. The van der Waals surface area contributed by atoms with Gasteiger partial charge in [0.2, 0.25) is 5.91 Å². The zero-order chi connectivity index (χ0) is 13.7. The van der Waals surface area contributed by atoms with Gasteiger partial charge in [0.1, 0.15) is 6.04 Å². The van der Waals surface area contributed by atoms with Crippen LogP contribution >= 0.6 is 22.6 Å². The summed E-state index contributed by atoms with van der Waals surface area (Å²) in [5, 5.41) is 3.17. The van der Waals surface area contributed by atoms with E-state index >= 15 is 0 Å². The molecular formula is C13H20IN3O. The Kier molecular flexibility index (Phi) is 5.71. The number of anilines is 2. The fourth-order valence-electron chi connectivity index (χ4n) is 1.77. The molecule has 0 saturated carbocycles. The number of nitrogen functional groups attached to an aromatic ring is 1. The number of benzene rings is 1. The van der Waals surface area contributed by atoms with Gasteiger partial charge >= 0.3 is 0 Å². The highest BCUT2D eigenvalue weighted by Gasteiger charge is 2.18. The third-order valence-corrected chi connectivity index (χ3v) is 3.50. The summed E-state index contributed by atoms with van der Waals surface area (Å²) in [6, 6.07) is 5.49. The van der Waals surface area contributed by atoms with Crippen LogP contribution in [0.3, 0.4) is 0 Å². The number of rotatable bonds is 5. The van der Waals surface area contributed by atoms with E-state index < -0.39 is 0 Å². The van der Waals surface area contributed by atoms with Gasteiger partial charge in [0.15, 0.2) is 0 Å². The van der Waals surface area contributed by atoms with E-state index in [0.29, 0.717) is 5.69 Å². The van der Waals surface area contributed by atoms with Gasteiger partial charge in [0.25, 0.3) is 0 Å². The highest BCUT2D eigenvalue weighted by molar-refractivity contribution is 14.1. The highest BCUT2D eigenvalue weighted by atomic mass is 127. The zero-order valence-electron chi connectivity index (χ0n) is 11.0. The zero-order valence-corrected chi connectivity index (χ0v) is 13.2. The summed E-state index contributed by atoms with van der Waals surface area (Å²) in [7, 11) is 0. The van der Waals surface area contributed by atoms with Crippen LogP contribution in [0, 0.1) is 3.57 Å². The molecule has 0 aliphatic heterocycles. The van der Waals surface area contributed by atoms with E-state index in [2.05, 4.69) is 27.9 Å². The maximum atomic E-state index is 12.1. The van der Waals surface area contributed by atoms with Gasteiger partial charge in [0, 0.05) is 16.7 Å². The van der Waals surface area contributed by atoms with E-state index in [1.807, 2.05) is 39.0 Å². The quantitative estimate of drug-likeness (QED) is 0.626. The van der Waals surface area contributed by atoms with Crippen molar-refractivity contribution in [3.8, 4) is 0 Å². The van der Waals surface area contributed by atoms with E-state index in [1.54, 1.807) is 4.90 Å². The third-order valence-electron chi connectivity index (χ3n) is 2.83. The molecule has 0 bridgehead atoms. The molecule has 0 radical (unpaired) electrons. The van der Waals surface area contributed by atoms with Crippen LogP contribution in [0.2, 0.25) is 0 Å². The molecule has 1 atom stereocenters. The van der Waals surface area contributed by atoms with Crippen LogP contribution in [0.25, 0.3) is 0 Å². The van der Waals surface area contributed by atoms with Crippen LogP contribution in [-0.2, 0) is 4.79 Å². The van der Waals surface area contributed by atoms with Crippen molar-refractivity contribution >= 4 is 39.9 Å². The van der Waals surface area contributed by atoms with Gasteiger partial charge in [-0.3, -0.25) is 4.79 Å². The Bertz CT molecular complexity index is 419. The third kappa shape index (κ3) is 3.76. The van der Waals surface area contributed by atoms with Crippen molar-refractivity contribution in [3.05, 3.63) is 21.8 Å². The Labute approximate surface area is 122 Å². The second-order valence-electron chi connectivity index (χ2n) is 4.11. The number of likely N-dealkylation sites (N-methyl/N-ethyl adjacent to an activating group) is 1. The number of hydrogen-bond donors (Lipinski definition) is 2. The molecule has 100 valence electrons. The van der Waals surface area contributed by atoms with E-state index in [1.165, 1.54) is 0 Å². The minimum Gasteiger partial charge on any atom is -0.397 e. The Morgan fingerprint density at radius 2 is 2.06 bits per heavy atom. The van der Waals surface area contributed by atoms with Crippen molar-refractivity contribution < 1.29 is 4.79 Å². The molecule has 5 heteroatoms. The average Bonchev–Trinajstić information content (AvgIpc) is 2.34. The number of nitrogens with zero attached hydrogens (tertiary/aromatic N) is 1. The van der Waals surface area contributed by atoms with Gasteiger partial charge in [-0.05, 0) is 61.6 Å². The van der Waals surface area contributed by atoms with Crippen molar-refractivity contribution in [2.75, 3.05) is 24.1 Å². The summed E-state index contributed by atoms with van der Waals surface area (Å²) in [5.41, 5.74) is 7.40. The van der Waals surface area contributed by atoms with Crippen molar-refractivity contribution in [1.29, 1.82) is 0 Å². The monoisotopic (exact) mass is 361 g/mol. The van der Waals surface area contributed by atoms with E-state index in [-0.39, 0.29) is 11.9 Å². The van der Waals surface area contributed by atoms with Crippen molar-refractivity contribution in [2.24, 2.45) is 0 Å². The summed E-state index contributed by atoms with van der Waals surface area (Å²) in [4.78, 5) is 13.9. The summed E-state index contributed by atoms with van der Waals surface area (Å²) in [6.45, 7) is 7.27. The number of amides is 1. The summed E-state index contributed by atoms with van der Waals surface area (Å²) < 4.78 is 1.08. The van der Waals surface area contributed by atoms with Crippen LogP contribution in [-0.4, -0.2) is 29.9 Å². The fraction of sp³-hybridized carbons (Fsp3) is 0.462. The van der Waals surface area contributed by atoms with Crippen molar-refractivity contribution in [3.63, 3.8) is 0 Å². The first-order valence-corrected chi connectivity index (χ1v) is 7.17. The molecule has 4 nitrogen and oxygen atoms in total. The lowest BCUT2D eigenvalue weighted by Gasteiger charge is -2.24. The van der Waals surface area contributed by atoms with Gasteiger partial charge in [-0.1, -0.05) is 0 Å². The Morgan fingerprint density at radius 3 is 2.56 bits per heavy atom. The lowest BCUT2D eigenvalue weighted by Crippen LogP contribution is -2.41. The van der Waals surface area contributed by atoms with Crippen LogP contribution in [0.1, 0.15) is 20.8 Å². The predicted octanol–water partition coefficient (Wildman–Crippen LogP) is 2.54. The van der Waals surface area contributed by atoms with Gasteiger partial charge < -0.3 is 16.0 Å². The van der Waals surface area contributed by atoms with Crippen LogP contribution in [0.5, 0.6) is 0 Å². The van der Waals surface area contributed by atoms with Gasteiger partial charge in [0.05, 0.1) is 11.4 Å². The van der Waals surface area contributed by atoms with E-state index in [0.717, 1.165) is 22.3 Å². The molecule has 0 aliphatic rings. The molecule has 1 amide bonds. The van der Waals surface area contributed by atoms with Crippen LogP contribution in [0.4, 0.5) is 11.4 Å². The molecule has 0 fully saturated rings. The summed E-state index contributed by atoms with van der Waals surface area (Å²) in [6.07, 6.45) is 0. The minimum atomic E-state index is -0.271. The molecule has 3 N–H and O–H groups in total. The summed E-state index contributed by atoms with van der Waals surface area (Å²) >= 11 is 2.21. The van der Waals surface area contributed by atoms with Gasteiger partial charge in [-0.2, -0.15) is 0 Å².